The Morgan fingerprint density at radius 3 is 2.50 bits per heavy atom. The molecule has 34 heavy (non-hydrogen) atoms. The Morgan fingerprint density at radius 2 is 1.79 bits per heavy atom. The summed E-state index contributed by atoms with van der Waals surface area (Å²) in [6.45, 7) is 3.42. The van der Waals surface area contributed by atoms with Crippen LogP contribution < -0.4 is 14.5 Å². The number of ether oxygens (including phenoxy) is 1. The summed E-state index contributed by atoms with van der Waals surface area (Å²) in [5.74, 6) is -0.0317. The number of carbonyl (C=O) groups is 1. The molecule has 176 valence electrons. The van der Waals surface area contributed by atoms with Crippen LogP contribution in [-0.2, 0) is 14.8 Å². The van der Waals surface area contributed by atoms with Crippen LogP contribution >= 0.6 is 23.2 Å². The van der Waals surface area contributed by atoms with Crippen LogP contribution in [0.5, 0.6) is 5.75 Å². The van der Waals surface area contributed by atoms with Crippen molar-refractivity contribution in [3.05, 3.63) is 101 Å². The van der Waals surface area contributed by atoms with E-state index in [0.29, 0.717) is 17.9 Å². The van der Waals surface area contributed by atoms with Gasteiger partial charge in [-0.05, 0) is 48.0 Å². The van der Waals surface area contributed by atoms with Gasteiger partial charge in [0.2, 0.25) is 0 Å². The highest BCUT2D eigenvalue weighted by Gasteiger charge is 2.27. The Morgan fingerprint density at radius 1 is 1.03 bits per heavy atom. The fraction of sp³-hybridized carbons (Fsp3) is 0.0833. The second kappa shape index (κ2) is 11.7. The fourth-order valence-electron chi connectivity index (χ4n) is 2.86. The number of amides is 1. The normalized spacial score (nSPS) is 11.2. The Labute approximate surface area is 208 Å². The highest BCUT2D eigenvalue weighted by molar-refractivity contribution is 7.92. The SMILES string of the molecule is C=CCOc1cccc(/C=N\NC(=O)CN(c2ccc(Cl)c(Cl)c2)S(=O)(=O)c2ccccc2)c1. The minimum atomic E-state index is -4.08. The summed E-state index contributed by atoms with van der Waals surface area (Å²) in [4.78, 5) is 12.7. The standard InChI is InChI=1S/C24H21Cl2N3O4S/c1-2-13-33-20-8-6-7-18(14-20)16-27-28-24(30)17-29(19-11-12-22(25)23(26)15-19)34(31,32)21-9-4-3-5-10-21/h2-12,14-16H,1,13,17H2,(H,28,30)/b27-16-. The van der Waals surface area contributed by atoms with Crippen molar-refractivity contribution in [2.45, 2.75) is 4.90 Å². The van der Waals surface area contributed by atoms with E-state index in [9.17, 15) is 13.2 Å². The lowest BCUT2D eigenvalue weighted by molar-refractivity contribution is -0.119. The molecule has 3 aromatic rings. The summed E-state index contributed by atoms with van der Waals surface area (Å²) < 4.78 is 33.0. The highest BCUT2D eigenvalue weighted by Crippen LogP contribution is 2.30. The molecule has 0 fully saturated rings. The quantitative estimate of drug-likeness (QED) is 0.235. The number of hydrazone groups is 1. The van der Waals surface area contributed by atoms with Gasteiger partial charge in [-0.1, -0.05) is 66.2 Å². The largest absolute Gasteiger partial charge is 0.490 e. The van der Waals surface area contributed by atoms with Crippen molar-refractivity contribution in [3.63, 3.8) is 0 Å². The average Bonchev–Trinajstić information content (AvgIpc) is 2.84. The van der Waals surface area contributed by atoms with Crippen molar-refractivity contribution >= 4 is 51.0 Å². The van der Waals surface area contributed by atoms with Crippen molar-refractivity contribution in [2.24, 2.45) is 5.10 Å². The molecule has 7 nitrogen and oxygen atoms in total. The Bertz CT molecular complexity index is 1300. The number of nitrogens with one attached hydrogen (secondary N) is 1. The molecule has 0 bridgehead atoms. The van der Waals surface area contributed by atoms with Gasteiger partial charge in [0, 0.05) is 0 Å². The first kappa shape index (κ1) is 25.3. The molecule has 1 N–H and O–H groups in total. The monoisotopic (exact) mass is 517 g/mol. The van der Waals surface area contributed by atoms with E-state index in [1.54, 1.807) is 48.5 Å². The number of halogens is 2. The van der Waals surface area contributed by atoms with E-state index in [4.69, 9.17) is 27.9 Å². The molecule has 0 saturated carbocycles. The van der Waals surface area contributed by atoms with E-state index in [1.165, 1.54) is 36.5 Å². The van der Waals surface area contributed by atoms with Crippen molar-refractivity contribution in [2.75, 3.05) is 17.5 Å². The average molecular weight is 518 g/mol. The molecule has 0 spiro atoms. The maximum absolute atomic E-state index is 13.3. The zero-order valence-electron chi connectivity index (χ0n) is 17.9. The van der Waals surface area contributed by atoms with Gasteiger partial charge >= 0.3 is 0 Å². The molecule has 0 heterocycles. The van der Waals surface area contributed by atoms with Crippen LogP contribution in [-0.4, -0.2) is 33.7 Å². The molecule has 0 aromatic heterocycles. The van der Waals surface area contributed by atoms with Gasteiger partial charge in [0.15, 0.2) is 0 Å². The molecule has 0 aliphatic carbocycles. The fourth-order valence-corrected chi connectivity index (χ4v) is 4.59. The third-order valence-corrected chi connectivity index (χ3v) is 6.97. The first-order valence-electron chi connectivity index (χ1n) is 10.00. The van der Waals surface area contributed by atoms with E-state index in [0.717, 1.165) is 4.31 Å². The second-order valence-corrected chi connectivity index (χ2v) is 9.57. The third-order valence-electron chi connectivity index (χ3n) is 4.44. The van der Waals surface area contributed by atoms with Gasteiger partial charge in [-0.15, -0.1) is 0 Å². The smallest absolute Gasteiger partial charge is 0.264 e. The van der Waals surface area contributed by atoms with Crippen LogP contribution in [0.15, 0.2) is 95.4 Å². The number of carbonyl (C=O) groups excluding carboxylic acids is 1. The number of rotatable bonds is 10. The number of nitrogens with zero attached hydrogens (tertiary/aromatic N) is 2. The molecule has 0 aliphatic rings. The second-order valence-electron chi connectivity index (χ2n) is 6.89. The number of hydrogen-bond acceptors (Lipinski definition) is 5. The minimum Gasteiger partial charge on any atom is -0.490 e. The van der Waals surface area contributed by atoms with Crippen LogP contribution in [0.3, 0.4) is 0 Å². The molecule has 0 unspecified atom stereocenters. The Kier molecular flexibility index (Phi) is 8.70. The number of hydrogen-bond donors (Lipinski definition) is 1. The molecule has 0 saturated heterocycles. The van der Waals surface area contributed by atoms with E-state index in [2.05, 4.69) is 17.1 Å². The molecule has 0 radical (unpaired) electrons. The number of anilines is 1. The van der Waals surface area contributed by atoms with Gasteiger partial charge in [-0.2, -0.15) is 5.10 Å². The molecule has 0 aliphatic heterocycles. The molecular weight excluding hydrogens is 497 g/mol. The zero-order valence-corrected chi connectivity index (χ0v) is 20.2. The van der Waals surface area contributed by atoms with Crippen molar-refractivity contribution in [1.82, 2.24) is 5.43 Å². The van der Waals surface area contributed by atoms with Gasteiger partial charge < -0.3 is 4.74 Å². The topological polar surface area (TPSA) is 88.1 Å². The molecule has 3 aromatic carbocycles. The van der Waals surface area contributed by atoms with Crippen molar-refractivity contribution in [3.8, 4) is 5.75 Å². The summed E-state index contributed by atoms with van der Waals surface area (Å²) in [6.07, 6.45) is 3.05. The van der Waals surface area contributed by atoms with E-state index in [-0.39, 0.29) is 20.6 Å². The third kappa shape index (κ3) is 6.60. The summed E-state index contributed by atoms with van der Waals surface area (Å²) in [5.41, 5.74) is 3.22. The van der Waals surface area contributed by atoms with Crippen LogP contribution in [0.25, 0.3) is 0 Å². The van der Waals surface area contributed by atoms with Crippen molar-refractivity contribution in [1.29, 1.82) is 0 Å². The molecular formula is C24H21Cl2N3O4S. The Hall–Kier alpha value is -3.33. The molecule has 0 atom stereocenters. The lowest BCUT2D eigenvalue weighted by Gasteiger charge is -2.24. The zero-order chi connectivity index (χ0) is 24.6. The molecule has 1 amide bonds. The van der Waals surface area contributed by atoms with Crippen LogP contribution in [0.1, 0.15) is 5.56 Å². The number of sulfonamides is 1. The lowest BCUT2D eigenvalue weighted by atomic mass is 10.2. The summed E-state index contributed by atoms with van der Waals surface area (Å²) in [7, 11) is -4.08. The summed E-state index contributed by atoms with van der Waals surface area (Å²) in [5, 5.41) is 4.34. The maximum Gasteiger partial charge on any atom is 0.264 e. The number of benzene rings is 3. The summed E-state index contributed by atoms with van der Waals surface area (Å²) >= 11 is 12.1. The Balaban J connectivity index is 1.80. The van der Waals surface area contributed by atoms with Gasteiger partial charge in [-0.3, -0.25) is 9.10 Å². The molecule has 10 heteroatoms. The van der Waals surface area contributed by atoms with Gasteiger partial charge in [0.1, 0.15) is 18.9 Å². The maximum atomic E-state index is 13.3. The van der Waals surface area contributed by atoms with Gasteiger partial charge in [-0.25, -0.2) is 13.8 Å². The van der Waals surface area contributed by atoms with Gasteiger partial charge in [0.05, 0.1) is 26.8 Å². The van der Waals surface area contributed by atoms with Crippen LogP contribution in [0.4, 0.5) is 5.69 Å². The first-order valence-corrected chi connectivity index (χ1v) is 12.2. The predicted octanol–water partition coefficient (Wildman–Crippen LogP) is 4.90. The van der Waals surface area contributed by atoms with E-state index >= 15 is 0 Å². The predicted molar refractivity (Wildman–Crippen MR) is 135 cm³/mol. The van der Waals surface area contributed by atoms with Crippen LogP contribution in [0, 0.1) is 0 Å². The summed E-state index contributed by atoms with van der Waals surface area (Å²) in [6, 6.07) is 19.2. The van der Waals surface area contributed by atoms with E-state index in [1.807, 2.05) is 0 Å². The highest BCUT2D eigenvalue weighted by atomic mass is 35.5. The van der Waals surface area contributed by atoms with Gasteiger partial charge in [0.25, 0.3) is 15.9 Å². The first-order chi connectivity index (χ1) is 16.3. The van der Waals surface area contributed by atoms with Crippen molar-refractivity contribution < 1.29 is 17.9 Å². The minimum absolute atomic E-state index is 0.0220. The van der Waals surface area contributed by atoms with Crippen LogP contribution in [0.2, 0.25) is 10.0 Å². The lowest BCUT2D eigenvalue weighted by Crippen LogP contribution is -2.39. The molecule has 3 rings (SSSR count). The van der Waals surface area contributed by atoms with E-state index < -0.39 is 22.5 Å².